The molecule has 7 heteroatoms. The van der Waals surface area contributed by atoms with Crippen LogP contribution in [0.1, 0.15) is 12.8 Å². The van der Waals surface area contributed by atoms with E-state index in [1.165, 1.54) is 7.11 Å². The zero-order valence-corrected chi connectivity index (χ0v) is 10.7. The van der Waals surface area contributed by atoms with Crippen LogP contribution in [0.25, 0.3) is 0 Å². The lowest BCUT2D eigenvalue weighted by Crippen LogP contribution is -2.35. The lowest BCUT2D eigenvalue weighted by Gasteiger charge is -2.08. The quantitative estimate of drug-likeness (QED) is 0.438. The maximum atomic E-state index is 11.3. The molecule has 14 heavy (non-hydrogen) atoms. The highest BCUT2D eigenvalue weighted by Crippen LogP contribution is 2.27. The minimum Gasteiger partial charge on any atom is -0.468 e. The molecule has 5 nitrogen and oxygen atoms in total. The van der Waals surface area contributed by atoms with Crippen molar-refractivity contribution in [3.05, 3.63) is 0 Å². The molecule has 1 rings (SSSR count). The van der Waals surface area contributed by atoms with Gasteiger partial charge in [-0.15, -0.1) is 0 Å². The predicted octanol–water partition coefficient (Wildman–Crippen LogP) is 0.0448. The minimum atomic E-state index is -3.19. The molecule has 1 atom stereocenters. The van der Waals surface area contributed by atoms with Gasteiger partial charge >= 0.3 is 5.97 Å². The molecule has 82 valence electrons. The van der Waals surface area contributed by atoms with Crippen LogP contribution in [0.3, 0.4) is 0 Å². The van der Waals surface area contributed by atoms with Crippen molar-refractivity contribution in [2.75, 3.05) is 13.7 Å². The first-order valence-electron chi connectivity index (χ1n) is 4.17. The largest absolute Gasteiger partial charge is 0.468 e. The van der Waals surface area contributed by atoms with Crippen LogP contribution in [0.15, 0.2) is 0 Å². The Morgan fingerprint density at radius 2 is 2.21 bits per heavy atom. The summed E-state index contributed by atoms with van der Waals surface area (Å²) >= 11 is 1.85. The number of nitrogens with one attached hydrogen (secondary N) is 1. The number of sulfonamides is 1. The molecule has 1 aliphatic rings. The Bertz CT molecular complexity index is 312. The summed E-state index contributed by atoms with van der Waals surface area (Å²) in [7, 11) is -1.91. The first-order chi connectivity index (χ1) is 6.47. The maximum absolute atomic E-state index is 11.3. The second-order valence-electron chi connectivity index (χ2n) is 3.08. The molecule has 0 spiro atoms. The minimum absolute atomic E-state index is 0.103. The van der Waals surface area contributed by atoms with Crippen molar-refractivity contribution in [3.8, 4) is 0 Å². The molecule has 0 aromatic carbocycles. The summed E-state index contributed by atoms with van der Waals surface area (Å²) < 4.78 is 29.1. The molecule has 0 bridgehead atoms. The molecule has 0 heterocycles. The predicted molar refractivity (Wildman–Crippen MR) is 59.8 cm³/mol. The fraction of sp³-hybridized carbons (Fsp3) is 0.857. The van der Waals surface area contributed by atoms with E-state index in [0.29, 0.717) is 0 Å². The van der Waals surface area contributed by atoms with Gasteiger partial charge in [0.2, 0.25) is 10.0 Å². The van der Waals surface area contributed by atoms with Gasteiger partial charge in [-0.2, -0.15) is 0 Å². The number of hydrogen-bond donors (Lipinski definition) is 1. The molecule has 1 N–H and O–H groups in total. The van der Waals surface area contributed by atoms with E-state index in [1.54, 1.807) is 0 Å². The van der Waals surface area contributed by atoms with Crippen LogP contribution >= 0.6 is 22.6 Å². The Balaban J connectivity index is 2.36. The molecule has 0 saturated heterocycles. The summed E-state index contributed by atoms with van der Waals surface area (Å²) in [5, 5.41) is -0.247. The normalized spacial score (nSPS) is 19.0. The molecule has 0 amide bonds. The smallest absolute Gasteiger partial charge is 0.319 e. The number of ether oxygens (including phenoxy) is 1. The Morgan fingerprint density at radius 3 is 2.64 bits per heavy atom. The molecule has 0 aliphatic heterocycles. The number of carbonyl (C=O) groups excluding carboxylic acids is 1. The van der Waals surface area contributed by atoms with Gasteiger partial charge in [0.05, 0.1) is 12.4 Å². The summed E-state index contributed by atoms with van der Waals surface area (Å²) in [6.07, 6.45) is 1.44. The zero-order chi connectivity index (χ0) is 10.8. The number of halogens is 1. The van der Waals surface area contributed by atoms with Gasteiger partial charge in [-0.05, 0) is 12.8 Å². The van der Waals surface area contributed by atoms with E-state index in [-0.39, 0.29) is 11.8 Å². The topological polar surface area (TPSA) is 72.5 Å². The average Bonchev–Trinajstić information content (AvgIpc) is 2.96. The molecule has 1 unspecified atom stereocenters. The van der Waals surface area contributed by atoms with Crippen LogP contribution in [0, 0.1) is 0 Å². The van der Waals surface area contributed by atoms with E-state index in [0.717, 1.165) is 12.8 Å². The van der Waals surface area contributed by atoms with E-state index in [4.69, 9.17) is 0 Å². The Kier molecular flexibility index (Phi) is 4.14. The first-order valence-corrected chi connectivity index (χ1v) is 6.97. The second-order valence-corrected chi connectivity index (χ2v) is 6.63. The fourth-order valence-corrected chi connectivity index (χ4v) is 3.06. The van der Waals surface area contributed by atoms with E-state index in [2.05, 4.69) is 9.46 Å². The third-order valence-electron chi connectivity index (χ3n) is 1.88. The second kappa shape index (κ2) is 4.75. The van der Waals surface area contributed by atoms with Crippen LogP contribution in [-0.2, 0) is 19.6 Å². The lowest BCUT2D eigenvalue weighted by molar-refractivity contribution is -0.139. The number of hydrogen-bond acceptors (Lipinski definition) is 4. The molecule has 0 radical (unpaired) electrons. The van der Waals surface area contributed by atoms with Crippen LogP contribution in [0.2, 0.25) is 0 Å². The molecule has 1 aliphatic carbocycles. The molecule has 0 aromatic rings. The number of esters is 1. The van der Waals surface area contributed by atoms with Crippen LogP contribution in [0.5, 0.6) is 0 Å². The summed E-state index contributed by atoms with van der Waals surface area (Å²) in [5.41, 5.74) is 0. The molecular weight excluding hydrogens is 321 g/mol. The molecule has 0 aromatic heterocycles. The maximum Gasteiger partial charge on any atom is 0.319 e. The van der Waals surface area contributed by atoms with E-state index < -0.39 is 19.9 Å². The highest BCUT2D eigenvalue weighted by atomic mass is 127. The van der Waals surface area contributed by atoms with Crippen LogP contribution in [-0.4, -0.2) is 37.2 Å². The van der Waals surface area contributed by atoms with Crippen molar-refractivity contribution in [1.29, 1.82) is 0 Å². The van der Waals surface area contributed by atoms with Crippen molar-refractivity contribution in [2.24, 2.45) is 0 Å². The van der Waals surface area contributed by atoms with Crippen molar-refractivity contribution >= 4 is 38.6 Å². The van der Waals surface area contributed by atoms with Crippen LogP contribution < -0.4 is 4.72 Å². The molecule has 1 fully saturated rings. The van der Waals surface area contributed by atoms with Gasteiger partial charge in [-0.1, -0.05) is 22.6 Å². The van der Waals surface area contributed by atoms with Gasteiger partial charge in [0, 0.05) is 6.54 Å². The van der Waals surface area contributed by atoms with Gasteiger partial charge in [-0.3, -0.25) is 4.79 Å². The standard InChI is InChI=1S/C7H12INO4S/c1-13-7(10)6(8)4-9-14(11,12)5-2-3-5/h5-6,9H,2-4H2,1H3. The highest BCUT2D eigenvalue weighted by molar-refractivity contribution is 14.1. The van der Waals surface area contributed by atoms with E-state index in [9.17, 15) is 13.2 Å². The Labute approximate surface area is 96.8 Å². The zero-order valence-electron chi connectivity index (χ0n) is 7.70. The van der Waals surface area contributed by atoms with Crippen molar-refractivity contribution < 1.29 is 17.9 Å². The Hall–Kier alpha value is 0.110. The van der Waals surface area contributed by atoms with Crippen LogP contribution in [0.4, 0.5) is 0 Å². The number of rotatable bonds is 5. The highest BCUT2D eigenvalue weighted by Gasteiger charge is 2.35. The number of carbonyl (C=O) groups is 1. The van der Waals surface area contributed by atoms with E-state index >= 15 is 0 Å². The summed E-state index contributed by atoms with van der Waals surface area (Å²) in [6, 6.07) is 0. The monoisotopic (exact) mass is 333 g/mol. The number of alkyl halides is 1. The van der Waals surface area contributed by atoms with Gasteiger partial charge in [0.15, 0.2) is 0 Å². The summed E-state index contributed by atoms with van der Waals surface area (Å²) in [6.45, 7) is 0.103. The van der Waals surface area contributed by atoms with Gasteiger partial charge in [0.1, 0.15) is 3.92 Å². The Morgan fingerprint density at radius 1 is 1.64 bits per heavy atom. The SMILES string of the molecule is COC(=O)C(I)CNS(=O)(=O)C1CC1. The molecular formula is C7H12INO4S. The van der Waals surface area contributed by atoms with Gasteiger partial charge in [-0.25, -0.2) is 13.1 Å². The van der Waals surface area contributed by atoms with Crippen molar-refractivity contribution in [2.45, 2.75) is 22.0 Å². The summed E-state index contributed by atoms with van der Waals surface area (Å²) in [4.78, 5) is 10.9. The number of methoxy groups -OCH3 is 1. The van der Waals surface area contributed by atoms with Crippen molar-refractivity contribution in [3.63, 3.8) is 0 Å². The molecule has 1 saturated carbocycles. The third-order valence-corrected chi connectivity index (χ3v) is 4.75. The first kappa shape index (κ1) is 12.2. The summed E-state index contributed by atoms with van der Waals surface area (Å²) in [5.74, 6) is -0.413. The average molecular weight is 333 g/mol. The van der Waals surface area contributed by atoms with Gasteiger partial charge < -0.3 is 4.74 Å². The van der Waals surface area contributed by atoms with Crippen molar-refractivity contribution in [1.82, 2.24) is 4.72 Å². The van der Waals surface area contributed by atoms with E-state index in [1.807, 2.05) is 22.6 Å². The van der Waals surface area contributed by atoms with Gasteiger partial charge in [0.25, 0.3) is 0 Å². The fourth-order valence-electron chi connectivity index (χ4n) is 0.897. The lowest BCUT2D eigenvalue weighted by atomic mass is 10.4. The third kappa shape index (κ3) is 3.35.